The quantitative estimate of drug-likeness (QED) is 0.880. The second kappa shape index (κ2) is 5.12. The number of benzene rings is 1. The summed E-state index contributed by atoms with van der Waals surface area (Å²) in [5, 5.41) is 3.28. The van der Waals surface area contributed by atoms with Gasteiger partial charge in [-0.2, -0.15) is 0 Å². The Morgan fingerprint density at radius 2 is 2.11 bits per heavy atom. The lowest BCUT2D eigenvalue weighted by atomic mass is 10.0. The summed E-state index contributed by atoms with van der Waals surface area (Å²) in [7, 11) is 0. The van der Waals surface area contributed by atoms with E-state index in [4.69, 9.17) is 9.47 Å². The van der Waals surface area contributed by atoms with Crippen LogP contribution in [0.25, 0.3) is 0 Å². The molecule has 0 aromatic heterocycles. The molecule has 0 radical (unpaired) electrons. The van der Waals surface area contributed by atoms with Gasteiger partial charge in [0.1, 0.15) is 6.67 Å². The molecule has 1 fully saturated rings. The molecule has 1 saturated heterocycles. The van der Waals surface area contributed by atoms with Crippen molar-refractivity contribution in [2.45, 2.75) is 6.04 Å². The van der Waals surface area contributed by atoms with Gasteiger partial charge in [-0.15, -0.1) is 0 Å². The maximum absolute atomic E-state index is 13.4. The largest absolute Gasteiger partial charge is 0.454 e. The maximum atomic E-state index is 13.4. The van der Waals surface area contributed by atoms with E-state index in [9.17, 15) is 4.39 Å². The fourth-order valence-electron chi connectivity index (χ4n) is 2.59. The first-order chi connectivity index (χ1) is 8.90. The number of hydrogen-bond acceptors (Lipinski definition) is 4. The lowest BCUT2D eigenvalue weighted by molar-refractivity contribution is 0.140. The minimum atomic E-state index is -0.403. The molecule has 98 valence electrons. The van der Waals surface area contributed by atoms with Gasteiger partial charge in [-0.1, -0.05) is 12.1 Å². The minimum absolute atomic E-state index is 0.229. The Balaban J connectivity index is 1.89. The van der Waals surface area contributed by atoms with Gasteiger partial charge in [-0.05, 0) is 6.07 Å². The predicted molar refractivity (Wildman–Crippen MR) is 65.7 cm³/mol. The molecule has 0 aliphatic carbocycles. The Morgan fingerprint density at radius 1 is 1.28 bits per heavy atom. The van der Waals surface area contributed by atoms with Gasteiger partial charge in [0.05, 0.1) is 6.04 Å². The number of rotatable bonds is 3. The van der Waals surface area contributed by atoms with Crippen LogP contribution in [0.2, 0.25) is 0 Å². The average Bonchev–Trinajstić information content (AvgIpc) is 2.90. The van der Waals surface area contributed by atoms with Crippen LogP contribution in [0, 0.1) is 0 Å². The third kappa shape index (κ3) is 2.04. The summed E-state index contributed by atoms with van der Waals surface area (Å²) in [6.45, 7) is 3.36. The molecule has 0 unspecified atom stereocenters. The lowest BCUT2D eigenvalue weighted by Gasteiger charge is -2.33. The van der Waals surface area contributed by atoms with Crippen molar-refractivity contribution in [2.75, 3.05) is 39.6 Å². The standard InChI is InChI=1S/C13H17FN2O2/c14-8-11(16-6-4-15-5-7-16)10-2-1-3-12-13(10)18-9-17-12/h1-3,11,15H,4-9H2/t11-/m1/s1. The van der Waals surface area contributed by atoms with Crippen LogP contribution in [-0.2, 0) is 0 Å². The molecular weight excluding hydrogens is 235 g/mol. The molecule has 1 N–H and O–H groups in total. The molecule has 0 amide bonds. The van der Waals surface area contributed by atoms with E-state index >= 15 is 0 Å². The fraction of sp³-hybridized carbons (Fsp3) is 0.538. The summed E-state index contributed by atoms with van der Waals surface area (Å²) in [6, 6.07) is 5.45. The molecule has 1 aromatic rings. The van der Waals surface area contributed by atoms with Crippen molar-refractivity contribution in [1.29, 1.82) is 0 Å². The molecule has 5 heteroatoms. The first kappa shape index (κ1) is 11.7. The third-order valence-electron chi connectivity index (χ3n) is 3.52. The smallest absolute Gasteiger partial charge is 0.231 e. The predicted octanol–water partition coefficient (Wildman–Crippen LogP) is 1.33. The molecule has 3 rings (SSSR count). The van der Waals surface area contributed by atoms with E-state index in [1.807, 2.05) is 18.2 Å². The minimum Gasteiger partial charge on any atom is -0.454 e. The van der Waals surface area contributed by atoms with Gasteiger partial charge in [-0.3, -0.25) is 4.90 Å². The summed E-state index contributed by atoms with van der Waals surface area (Å²) >= 11 is 0. The number of hydrogen-bond donors (Lipinski definition) is 1. The third-order valence-corrected chi connectivity index (χ3v) is 3.52. The van der Waals surface area contributed by atoms with Gasteiger partial charge in [0, 0.05) is 31.7 Å². The monoisotopic (exact) mass is 252 g/mol. The molecule has 4 nitrogen and oxygen atoms in total. The second-order valence-corrected chi connectivity index (χ2v) is 4.54. The normalized spacial score (nSPS) is 20.9. The number of fused-ring (bicyclic) bond motifs is 1. The van der Waals surface area contributed by atoms with E-state index in [-0.39, 0.29) is 12.8 Å². The zero-order valence-electron chi connectivity index (χ0n) is 10.2. The van der Waals surface area contributed by atoms with Crippen molar-refractivity contribution in [2.24, 2.45) is 0 Å². The van der Waals surface area contributed by atoms with Crippen molar-refractivity contribution in [3.05, 3.63) is 23.8 Å². The first-order valence-electron chi connectivity index (χ1n) is 6.29. The molecular formula is C13H17FN2O2. The Kier molecular flexibility index (Phi) is 3.34. The highest BCUT2D eigenvalue weighted by atomic mass is 19.1. The topological polar surface area (TPSA) is 33.7 Å². The van der Waals surface area contributed by atoms with E-state index in [1.165, 1.54) is 0 Å². The van der Waals surface area contributed by atoms with E-state index in [2.05, 4.69) is 10.2 Å². The molecule has 0 saturated carbocycles. The van der Waals surface area contributed by atoms with Crippen LogP contribution in [0.3, 0.4) is 0 Å². The molecule has 1 aromatic carbocycles. The van der Waals surface area contributed by atoms with Crippen LogP contribution < -0.4 is 14.8 Å². The van der Waals surface area contributed by atoms with E-state index < -0.39 is 6.67 Å². The summed E-state index contributed by atoms with van der Waals surface area (Å²) in [5.41, 5.74) is 0.898. The van der Waals surface area contributed by atoms with Gasteiger partial charge >= 0.3 is 0 Å². The first-order valence-corrected chi connectivity index (χ1v) is 6.29. The zero-order chi connectivity index (χ0) is 12.4. The van der Waals surface area contributed by atoms with Gasteiger partial charge < -0.3 is 14.8 Å². The van der Waals surface area contributed by atoms with Crippen LogP contribution in [0.15, 0.2) is 18.2 Å². The van der Waals surface area contributed by atoms with Gasteiger partial charge in [0.25, 0.3) is 0 Å². The van der Waals surface area contributed by atoms with Crippen LogP contribution in [-0.4, -0.2) is 44.5 Å². The summed E-state index contributed by atoms with van der Waals surface area (Å²) in [5.74, 6) is 1.43. The van der Waals surface area contributed by atoms with Crippen molar-refractivity contribution in [1.82, 2.24) is 10.2 Å². The van der Waals surface area contributed by atoms with Crippen LogP contribution in [0.4, 0.5) is 4.39 Å². The number of nitrogens with one attached hydrogen (secondary N) is 1. The average molecular weight is 252 g/mol. The van der Waals surface area contributed by atoms with Crippen LogP contribution >= 0.6 is 0 Å². The highest BCUT2D eigenvalue weighted by Crippen LogP contribution is 2.40. The van der Waals surface area contributed by atoms with Crippen molar-refractivity contribution in [3.8, 4) is 11.5 Å². The van der Waals surface area contributed by atoms with Crippen LogP contribution in [0.5, 0.6) is 11.5 Å². The summed E-state index contributed by atoms with van der Waals surface area (Å²) < 4.78 is 24.3. The highest BCUT2D eigenvalue weighted by molar-refractivity contribution is 5.49. The molecule has 2 heterocycles. The summed E-state index contributed by atoms with van der Waals surface area (Å²) in [6.07, 6.45) is 0. The number of alkyl halides is 1. The van der Waals surface area contributed by atoms with Crippen LogP contribution in [0.1, 0.15) is 11.6 Å². The van der Waals surface area contributed by atoms with Crippen molar-refractivity contribution in [3.63, 3.8) is 0 Å². The second-order valence-electron chi connectivity index (χ2n) is 4.54. The number of ether oxygens (including phenoxy) is 2. The summed E-state index contributed by atoms with van der Waals surface area (Å²) in [4.78, 5) is 2.16. The fourth-order valence-corrected chi connectivity index (χ4v) is 2.59. The molecule has 2 aliphatic heterocycles. The number of halogens is 1. The number of nitrogens with zero attached hydrogens (tertiary/aromatic N) is 1. The van der Waals surface area contributed by atoms with E-state index in [0.717, 1.165) is 37.5 Å². The Hall–Kier alpha value is -1.33. The molecule has 2 aliphatic rings. The number of piperazine rings is 1. The van der Waals surface area contributed by atoms with E-state index in [0.29, 0.717) is 5.75 Å². The van der Waals surface area contributed by atoms with Gasteiger partial charge in [0.15, 0.2) is 11.5 Å². The van der Waals surface area contributed by atoms with E-state index in [1.54, 1.807) is 0 Å². The maximum Gasteiger partial charge on any atom is 0.231 e. The Labute approximate surface area is 106 Å². The molecule has 0 bridgehead atoms. The Morgan fingerprint density at radius 3 is 2.89 bits per heavy atom. The molecule has 18 heavy (non-hydrogen) atoms. The number of para-hydroxylation sites is 1. The zero-order valence-corrected chi connectivity index (χ0v) is 10.2. The highest BCUT2D eigenvalue weighted by Gasteiger charge is 2.28. The van der Waals surface area contributed by atoms with Crippen molar-refractivity contribution < 1.29 is 13.9 Å². The van der Waals surface area contributed by atoms with Crippen molar-refractivity contribution >= 4 is 0 Å². The molecule has 1 atom stereocenters. The van der Waals surface area contributed by atoms with Gasteiger partial charge in [0.2, 0.25) is 6.79 Å². The Bertz CT molecular complexity index is 421. The van der Waals surface area contributed by atoms with Gasteiger partial charge in [-0.25, -0.2) is 4.39 Å². The lowest BCUT2D eigenvalue weighted by Crippen LogP contribution is -2.45. The molecule has 0 spiro atoms. The SMILES string of the molecule is FC[C@H](c1cccc2c1OCO2)N1CCNCC1.